The number of carbonyl (C=O) groups is 3. The van der Waals surface area contributed by atoms with Gasteiger partial charge in [0, 0.05) is 13.0 Å². The summed E-state index contributed by atoms with van der Waals surface area (Å²) in [7, 11) is 0. The average Bonchev–Trinajstić information content (AvgIpc) is 2.70. The highest BCUT2D eigenvalue weighted by Gasteiger charge is 2.14. The fourth-order valence-corrected chi connectivity index (χ4v) is 2.98. The van der Waals surface area contributed by atoms with Gasteiger partial charge in [0.2, 0.25) is 11.8 Å². The largest absolute Gasteiger partial charge is 0.370 e. The molecule has 4 N–H and O–H groups in total. The SMILES string of the molecule is Cc1cccc2c(=O)n(CC(=O)Nc3ccccc3C(=O)NCCC(N)=O)cnc12. The Balaban J connectivity index is 1.75. The van der Waals surface area contributed by atoms with E-state index in [1.165, 1.54) is 10.9 Å². The Kier molecular flexibility index (Phi) is 6.21. The summed E-state index contributed by atoms with van der Waals surface area (Å²) in [6.07, 6.45) is 1.34. The number of nitrogens with zero attached hydrogens (tertiary/aromatic N) is 2. The number of benzene rings is 2. The van der Waals surface area contributed by atoms with E-state index in [2.05, 4.69) is 15.6 Å². The number of nitrogens with one attached hydrogen (secondary N) is 2. The van der Waals surface area contributed by atoms with Crippen LogP contribution < -0.4 is 21.9 Å². The number of aromatic nitrogens is 2. The second-order valence-electron chi connectivity index (χ2n) is 6.71. The van der Waals surface area contributed by atoms with Gasteiger partial charge in [-0.25, -0.2) is 4.98 Å². The van der Waals surface area contributed by atoms with Crippen molar-refractivity contribution in [2.75, 3.05) is 11.9 Å². The number of para-hydroxylation sites is 2. The molecule has 0 aliphatic rings. The number of rotatable bonds is 7. The third-order valence-electron chi connectivity index (χ3n) is 4.47. The molecule has 1 aromatic heterocycles. The zero-order valence-corrected chi connectivity index (χ0v) is 16.3. The van der Waals surface area contributed by atoms with Crippen molar-refractivity contribution in [1.29, 1.82) is 0 Å². The Morgan fingerprint density at radius 1 is 1.10 bits per heavy atom. The summed E-state index contributed by atoms with van der Waals surface area (Å²) in [5, 5.41) is 5.65. The second kappa shape index (κ2) is 8.99. The first kappa shape index (κ1) is 20.7. The molecule has 0 spiro atoms. The van der Waals surface area contributed by atoms with Crippen LogP contribution in [0.25, 0.3) is 10.9 Å². The van der Waals surface area contributed by atoms with Crippen molar-refractivity contribution in [2.24, 2.45) is 5.73 Å². The Bertz CT molecular complexity index is 1190. The Morgan fingerprint density at radius 3 is 2.63 bits per heavy atom. The second-order valence-corrected chi connectivity index (χ2v) is 6.71. The van der Waals surface area contributed by atoms with E-state index in [-0.39, 0.29) is 36.3 Å². The number of hydrogen-bond donors (Lipinski definition) is 3. The lowest BCUT2D eigenvalue weighted by Crippen LogP contribution is -2.30. The van der Waals surface area contributed by atoms with Gasteiger partial charge in [0.1, 0.15) is 6.54 Å². The van der Waals surface area contributed by atoms with Gasteiger partial charge < -0.3 is 16.4 Å². The number of fused-ring (bicyclic) bond motifs is 1. The molecule has 0 saturated carbocycles. The molecule has 0 aliphatic carbocycles. The minimum Gasteiger partial charge on any atom is -0.370 e. The van der Waals surface area contributed by atoms with Crippen molar-refractivity contribution >= 4 is 34.3 Å². The van der Waals surface area contributed by atoms with Crippen LogP contribution in [0.5, 0.6) is 0 Å². The highest BCUT2D eigenvalue weighted by Crippen LogP contribution is 2.15. The third kappa shape index (κ3) is 4.69. The number of aryl methyl sites for hydroxylation is 1. The maximum Gasteiger partial charge on any atom is 0.261 e. The Labute approximate surface area is 171 Å². The van der Waals surface area contributed by atoms with Gasteiger partial charge in [0.25, 0.3) is 11.5 Å². The van der Waals surface area contributed by atoms with Crippen LogP contribution in [-0.2, 0) is 16.1 Å². The molecule has 0 unspecified atom stereocenters. The van der Waals surface area contributed by atoms with Gasteiger partial charge in [-0.05, 0) is 30.7 Å². The number of hydrogen-bond acceptors (Lipinski definition) is 5. The maximum atomic E-state index is 12.7. The van der Waals surface area contributed by atoms with Crippen LogP contribution >= 0.6 is 0 Å². The fourth-order valence-electron chi connectivity index (χ4n) is 2.98. The van der Waals surface area contributed by atoms with Gasteiger partial charge in [0.15, 0.2) is 0 Å². The maximum absolute atomic E-state index is 12.7. The lowest BCUT2D eigenvalue weighted by molar-refractivity contribution is -0.118. The molecule has 3 amide bonds. The fraction of sp³-hybridized carbons (Fsp3) is 0.190. The van der Waals surface area contributed by atoms with Gasteiger partial charge in [-0.3, -0.25) is 23.7 Å². The monoisotopic (exact) mass is 407 g/mol. The van der Waals surface area contributed by atoms with E-state index < -0.39 is 17.7 Å². The molecule has 2 aromatic carbocycles. The van der Waals surface area contributed by atoms with Crippen molar-refractivity contribution in [1.82, 2.24) is 14.9 Å². The molecule has 9 heteroatoms. The summed E-state index contributed by atoms with van der Waals surface area (Å²) in [6.45, 7) is 1.69. The molecular weight excluding hydrogens is 386 g/mol. The van der Waals surface area contributed by atoms with E-state index in [4.69, 9.17) is 5.73 Å². The normalized spacial score (nSPS) is 10.6. The van der Waals surface area contributed by atoms with Crippen molar-refractivity contribution in [2.45, 2.75) is 19.9 Å². The topological polar surface area (TPSA) is 136 Å². The zero-order valence-electron chi connectivity index (χ0n) is 16.3. The molecule has 9 nitrogen and oxygen atoms in total. The van der Waals surface area contributed by atoms with Crippen molar-refractivity contribution in [3.05, 3.63) is 70.3 Å². The van der Waals surface area contributed by atoms with E-state index in [9.17, 15) is 19.2 Å². The van der Waals surface area contributed by atoms with Crippen LogP contribution in [0.3, 0.4) is 0 Å². The molecule has 0 bridgehead atoms. The highest BCUT2D eigenvalue weighted by atomic mass is 16.2. The summed E-state index contributed by atoms with van der Waals surface area (Å²) in [5.74, 6) is -1.46. The van der Waals surface area contributed by atoms with Crippen LogP contribution in [0.2, 0.25) is 0 Å². The summed E-state index contributed by atoms with van der Waals surface area (Å²) >= 11 is 0. The predicted molar refractivity (Wildman–Crippen MR) is 112 cm³/mol. The van der Waals surface area contributed by atoms with Gasteiger partial charge in [0.05, 0.1) is 28.5 Å². The van der Waals surface area contributed by atoms with Gasteiger partial charge in [-0.2, -0.15) is 0 Å². The standard InChI is InChI=1S/C21H21N5O4/c1-13-5-4-7-15-19(13)24-12-26(21(15)30)11-18(28)25-16-8-3-2-6-14(16)20(29)23-10-9-17(22)27/h2-8,12H,9-11H2,1H3,(H2,22,27)(H,23,29)(H,25,28). The molecule has 3 aromatic rings. The lowest BCUT2D eigenvalue weighted by Gasteiger charge is -2.12. The lowest BCUT2D eigenvalue weighted by atomic mass is 10.1. The zero-order chi connectivity index (χ0) is 21.7. The molecule has 0 saturated heterocycles. The van der Waals surface area contributed by atoms with E-state index >= 15 is 0 Å². The third-order valence-corrected chi connectivity index (χ3v) is 4.47. The number of carbonyl (C=O) groups excluding carboxylic acids is 3. The van der Waals surface area contributed by atoms with E-state index in [1.807, 2.05) is 13.0 Å². The number of primary amides is 1. The smallest absolute Gasteiger partial charge is 0.261 e. The summed E-state index contributed by atoms with van der Waals surface area (Å²) in [6, 6.07) is 11.7. The molecule has 30 heavy (non-hydrogen) atoms. The van der Waals surface area contributed by atoms with Crippen LogP contribution in [0.1, 0.15) is 22.3 Å². The van der Waals surface area contributed by atoms with Crippen LogP contribution in [0.15, 0.2) is 53.6 Å². The molecule has 154 valence electrons. The quantitative estimate of drug-likeness (QED) is 0.536. The Hall–Kier alpha value is -4.01. The predicted octanol–water partition coefficient (Wildman–Crippen LogP) is 0.949. The molecule has 3 rings (SSSR count). The Morgan fingerprint density at radius 2 is 1.87 bits per heavy atom. The van der Waals surface area contributed by atoms with Crippen LogP contribution in [-0.4, -0.2) is 33.8 Å². The summed E-state index contributed by atoms with van der Waals surface area (Å²) in [4.78, 5) is 52.6. The summed E-state index contributed by atoms with van der Waals surface area (Å²) < 4.78 is 1.21. The number of amides is 3. The molecule has 1 heterocycles. The average molecular weight is 407 g/mol. The minimum absolute atomic E-state index is 0.0115. The van der Waals surface area contributed by atoms with Gasteiger partial charge in [-0.15, -0.1) is 0 Å². The first-order valence-electron chi connectivity index (χ1n) is 9.27. The first-order chi connectivity index (χ1) is 14.4. The first-order valence-corrected chi connectivity index (χ1v) is 9.27. The highest BCUT2D eigenvalue weighted by molar-refractivity contribution is 6.03. The molecule has 0 atom stereocenters. The summed E-state index contributed by atoms with van der Waals surface area (Å²) in [5.41, 5.74) is 6.73. The van der Waals surface area contributed by atoms with Crippen molar-refractivity contribution in [3.8, 4) is 0 Å². The molecule has 0 fully saturated rings. The van der Waals surface area contributed by atoms with E-state index in [0.29, 0.717) is 10.9 Å². The molecule has 0 radical (unpaired) electrons. The van der Waals surface area contributed by atoms with Crippen LogP contribution in [0, 0.1) is 6.92 Å². The van der Waals surface area contributed by atoms with Gasteiger partial charge >= 0.3 is 0 Å². The van der Waals surface area contributed by atoms with Gasteiger partial charge in [-0.1, -0.05) is 24.3 Å². The minimum atomic E-state index is -0.526. The number of anilines is 1. The van der Waals surface area contributed by atoms with E-state index in [1.54, 1.807) is 36.4 Å². The van der Waals surface area contributed by atoms with Crippen molar-refractivity contribution < 1.29 is 14.4 Å². The van der Waals surface area contributed by atoms with E-state index in [0.717, 1.165) is 5.56 Å². The molecular formula is C21H21N5O4. The van der Waals surface area contributed by atoms with Crippen LogP contribution in [0.4, 0.5) is 5.69 Å². The van der Waals surface area contributed by atoms with Crippen molar-refractivity contribution in [3.63, 3.8) is 0 Å². The number of nitrogens with two attached hydrogens (primary N) is 1. The molecule has 0 aliphatic heterocycles.